The van der Waals surface area contributed by atoms with Gasteiger partial charge in [-0.15, -0.1) is 11.3 Å². The number of thiophene rings is 1. The molecule has 0 aliphatic carbocycles. The molecule has 0 saturated carbocycles. The second-order valence-corrected chi connectivity index (χ2v) is 5.95. The molecule has 1 aromatic carbocycles. The van der Waals surface area contributed by atoms with Crippen molar-refractivity contribution in [2.75, 3.05) is 11.9 Å². The lowest BCUT2D eigenvalue weighted by Crippen LogP contribution is -2.30. The van der Waals surface area contributed by atoms with Gasteiger partial charge in [0.15, 0.2) is 5.11 Å². The van der Waals surface area contributed by atoms with E-state index >= 15 is 0 Å². The topological polar surface area (TPSA) is 24.1 Å². The highest BCUT2D eigenvalue weighted by molar-refractivity contribution is 7.80. The lowest BCUT2D eigenvalue weighted by atomic mass is 10.1. The summed E-state index contributed by atoms with van der Waals surface area (Å²) in [5.41, 5.74) is 3.60. The molecule has 2 N–H and O–H groups in total. The van der Waals surface area contributed by atoms with Crippen LogP contribution in [0.5, 0.6) is 0 Å². The fourth-order valence-corrected chi connectivity index (χ4v) is 2.68. The van der Waals surface area contributed by atoms with E-state index in [1.54, 1.807) is 11.3 Å². The average Bonchev–Trinajstić information content (AvgIpc) is 2.87. The Balaban J connectivity index is 1.79. The lowest BCUT2D eigenvalue weighted by molar-refractivity contribution is 0.885. The first-order valence-corrected chi connectivity index (χ1v) is 7.58. The summed E-state index contributed by atoms with van der Waals surface area (Å²) >= 11 is 7.07. The predicted octanol–water partition coefficient (Wildman–Crippen LogP) is 3.89. The highest BCUT2D eigenvalue weighted by atomic mass is 32.1. The molecular formula is C15H18N2S2. The maximum atomic E-state index is 5.29. The molecule has 0 fully saturated rings. The van der Waals surface area contributed by atoms with Gasteiger partial charge in [-0.3, -0.25) is 0 Å². The van der Waals surface area contributed by atoms with E-state index in [1.807, 2.05) is 0 Å². The Hall–Kier alpha value is -1.39. The Morgan fingerprint density at radius 1 is 1.21 bits per heavy atom. The second kappa shape index (κ2) is 6.68. The number of hydrogen-bond donors (Lipinski definition) is 2. The second-order valence-electron chi connectivity index (χ2n) is 4.51. The van der Waals surface area contributed by atoms with Crippen LogP contribution in [0.4, 0.5) is 5.69 Å². The van der Waals surface area contributed by atoms with Gasteiger partial charge in [0.2, 0.25) is 0 Å². The van der Waals surface area contributed by atoms with Gasteiger partial charge in [-0.25, -0.2) is 0 Å². The van der Waals surface area contributed by atoms with Crippen molar-refractivity contribution in [3.8, 4) is 0 Å². The van der Waals surface area contributed by atoms with Gasteiger partial charge >= 0.3 is 0 Å². The largest absolute Gasteiger partial charge is 0.362 e. The zero-order valence-electron chi connectivity index (χ0n) is 11.2. The standard InChI is InChI=1S/C15H18N2S2/c1-11-5-6-13(10-12(11)2)17-15(18)16-8-7-14-4-3-9-19-14/h3-6,9-10H,7-8H2,1-2H3,(H2,16,17,18). The summed E-state index contributed by atoms with van der Waals surface area (Å²) in [6.07, 6.45) is 1.01. The smallest absolute Gasteiger partial charge is 0.170 e. The fourth-order valence-electron chi connectivity index (χ4n) is 1.75. The normalized spacial score (nSPS) is 10.2. The Morgan fingerprint density at radius 3 is 2.74 bits per heavy atom. The monoisotopic (exact) mass is 290 g/mol. The molecule has 0 bridgehead atoms. The van der Waals surface area contributed by atoms with E-state index in [9.17, 15) is 0 Å². The number of anilines is 1. The first kappa shape index (κ1) is 14.0. The minimum atomic E-state index is 0.680. The summed E-state index contributed by atoms with van der Waals surface area (Å²) < 4.78 is 0. The zero-order chi connectivity index (χ0) is 13.7. The molecule has 2 nitrogen and oxygen atoms in total. The summed E-state index contributed by atoms with van der Waals surface area (Å²) in [4.78, 5) is 1.38. The maximum Gasteiger partial charge on any atom is 0.170 e. The van der Waals surface area contributed by atoms with Gasteiger partial charge in [-0.2, -0.15) is 0 Å². The third-order valence-electron chi connectivity index (χ3n) is 3.00. The molecule has 0 radical (unpaired) electrons. The molecule has 0 atom stereocenters. The van der Waals surface area contributed by atoms with E-state index in [-0.39, 0.29) is 0 Å². The predicted molar refractivity (Wildman–Crippen MR) is 88.2 cm³/mol. The fraction of sp³-hybridized carbons (Fsp3) is 0.267. The first-order valence-electron chi connectivity index (χ1n) is 6.29. The summed E-state index contributed by atoms with van der Waals surface area (Å²) in [5.74, 6) is 0. The van der Waals surface area contributed by atoms with Crippen molar-refractivity contribution in [1.82, 2.24) is 5.32 Å². The maximum absolute atomic E-state index is 5.29. The van der Waals surface area contributed by atoms with E-state index in [1.165, 1.54) is 16.0 Å². The van der Waals surface area contributed by atoms with Crippen molar-refractivity contribution in [2.45, 2.75) is 20.3 Å². The summed E-state index contributed by atoms with van der Waals surface area (Å²) in [7, 11) is 0. The zero-order valence-corrected chi connectivity index (χ0v) is 12.8. The van der Waals surface area contributed by atoms with E-state index in [2.05, 4.69) is 60.2 Å². The summed E-state index contributed by atoms with van der Waals surface area (Å²) in [6, 6.07) is 10.5. The molecule has 1 aromatic heterocycles. The van der Waals surface area contributed by atoms with Crippen molar-refractivity contribution in [1.29, 1.82) is 0 Å². The molecule has 4 heteroatoms. The number of thiocarbonyl (C=S) groups is 1. The molecule has 1 heterocycles. The number of benzene rings is 1. The van der Waals surface area contributed by atoms with Gasteiger partial charge in [0.1, 0.15) is 0 Å². The van der Waals surface area contributed by atoms with Crippen LogP contribution in [0.25, 0.3) is 0 Å². The van der Waals surface area contributed by atoms with Crippen LogP contribution in [0, 0.1) is 13.8 Å². The van der Waals surface area contributed by atoms with E-state index in [0.29, 0.717) is 5.11 Å². The van der Waals surface area contributed by atoms with E-state index in [4.69, 9.17) is 12.2 Å². The SMILES string of the molecule is Cc1ccc(NC(=S)NCCc2cccs2)cc1C. The number of nitrogens with one attached hydrogen (secondary N) is 2. The minimum absolute atomic E-state index is 0.680. The van der Waals surface area contributed by atoms with Gasteiger partial charge in [-0.05, 0) is 67.2 Å². The van der Waals surface area contributed by atoms with E-state index < -0.39 is 0 Å². The first-order chi connectivity index (χ1) is 9.15. The molecule has 0 saturated heterocycles. The lowest BCUT2D eigenvalue weighted by Gasteiger charge is -2.11. The molecule has 0 aliphatic heterocycles. The Morgan fingerprint density at radius 2 is 2.05 bits per heavy atom. The Bertz CT molecular complexity index is 547. The quantitative estimate of drug-likeness (QED) is 0.835. The molecule has 0 aliphatic rings. The third-order valence-corrected chi connectivity index (χ3v) is 4.18. The minimum Gasteiger partial charge on any atom is -0.362 e. The number of aryl methyl sites for hydroxylation is 2. The van der Waals surface area contributed by atoms with Crippen LogP contribution in [0.15, 0.2) is 35.7 Å². The molecule has 2 rings (SSSR count). The molecule has 0 amide bonds. The van der Waals surface area contributed by atoms with Crippen molar-refractivity contribution < 1.29 is 0 Å². The highest BCUT2D eigenvalue weighted by Crippen LogP contribution is 2.14. The molecule has 0 spiro atoms. The molecule has 100 valence electrons. The highest BCUT2D eigenvalue weighted by Gasteiger charge is 2.00. The average molecular weight is 290 g/mol. The van der Waals surface area contributed by atoms with Crippen LogP contribution in [-0.4, -0.2) is 11.7 Å². The van der Waals surface area contributed by atoms with Gasteiger partial charge in [-0.1, -0.05) is 12.1 Å². The van der Waals surface area contributed by atoms with Crippen molar-refractivity contribution in [3.05, 3.63) is 51.7 Å². The van der Waals surface area contributed by atoms with Crippen LogP contribution in [0.1, 0.15) is 16.0 Å². The van der Waals surface area contributed by atoms with Crippen LogP contribution >= 0.6 is 23.6 Å². The van der Waals surface area contributed by atoms with Crippen molar-refractivity contribution >= 4 is 34.4 Å². The van der Waals surface area contributed by atoms with Crippen LogP contribution in [0.2, 0.25) is 0 Å². The Kier molecular flexibility index (Phi) is 4.93. The molecule has 19 heavy (non-hydrogen) atoms. The third kappa shape index (κ3) is 4.33. The molecule has 0 unspecified atom stereocenters. The van der Waals surface area contributed by atoms with Gasteiger partial charge in [0, 0.05) is 17.1 Å². The molecular weight excluding hydrogens is 272 g/mol. The van der Waals surface area contributed by atoms with Crippen molar-refractivity contribution in [2.24, 2.45) is 0 Å². The van der Waals surface area contributed by atoms with Crippen LogP contribution in [-0.2, 0) is 6.42 Å². The van der Waals surface area contributed by atoms with E-state index in [0.717, 1.165) is 18.7 Å². The summed E-state index contributed by atoms with van der Waals surface area (Å²) in [6.45, 7) is 5.07. The number of rotatable bonds is 4. The van der Waals surface area contributed by atoms with Gasteiger partial charge < -0.3 is 10.6 Å². The molecule has 2 aromatic rings. The van der Waals surface area contributed by atoms with Gasteiger partial charge in [0.25, 0.3) is 0 Å². The van der Waals surface area contributed by atoms with Crippen molar-refractivity contribution in [3.63, 3.8) is 0 Å². The van der Waals surface area contributed by atoms with Crippen LogP contribution in [0.3, 0.4) is 0 Å². The Labute approximate surface area is 123 Å². The van der Waals surface area contributed by atoms with Crippen LogP contribution < -0.4 is 10.6 Å². The summed E-state index contributed by atoms with van der Waals surface area (Å²) in [5, 5.41) is 9.22. The van der Waals surface area contributed by atoms with Gasteiger partial charge in [0.05, 0.1) is 0 Å². The number of hydrogen-bond acceptors (Lipinski definition) is 2.